The van der Waals surface area contributed by atoms with Gasteiger partial charge in [-0.05, 0) is 37.1 Å². The van der Waals surface area contributed by atoms with Crippen molar-refractivity contribution in [2.24, 2.45) is 0 Å². The molecule has 1 aromatic carbocycles. The normalized spacial score (nSPS) is 13.9. The molecule has 0 unspecified atom stereocenters. The number of nitrogens with zero attached hydrogens (tertiary/aromatic N) is 5. The number of benzene rings is 1. The zero-order chi connectivity index (χ0) is 18.1. The van der Waals surface area contributed by atoms with Crippen molar-refractivity contribution in [1.29, 1.82) is 0 Å². The maximum atomic E-state index is 5.78. The minimum atomic E-state index is 0.509. The van der Waals surface area contributed by atoms with Crippen LogP contribution in [0.3, 0.4) is 0 Å². The van der Waals surface area contributed by atoms with Gasteiger partial charge in [0.05, 0.1) is 18.6 Å². The Morgan fingerprint density at radius 2 is 1.89 bits per heavy atom. The predicted molar refractivity (Wildman–Crippen MR) is 99.1 cm³/mol. The molecule has 0 atom stereocenters. The molecule has 27 heavy (non-hydrogen) atoms. The van der Waals surface area contributed by atoms with Gasteiger partial charge in [-0.2, -0.15) is 0 Å². The van der Waals surface area contributed by atoms with E-state index in [1.165, 1.54) is 12.8 Å². The Morgan fingerprint density at radius 1 is 1.00 bits per heavy atom. The minimum absolute atomic E-state index is 0.509. The molecule has 0 radical (unpaired) electrons. The van der Waals surface area contributed by atoms with Crippen molar-refractivity contribution < 1.29 is 8.83 Å². The van der Waals surface area contributed by atoms with E-state index in [1.54, 1.807) is 18.0 Å². The Balaban J connectivity index is 1.33. The molecule has 0 saturated heterocycles. The first-order valence-corrected chi connectivity index (χ1v) is 9.81. The Kier molecular flexibility index (Phi) is 4.25. The SMILES string of the molecule is c1ccc(-c2nnc(CSc3nnc(C4CC4)n3Cc3ccco3)o2)cc1. The third kappa shape index (κ3) is 3.52. The number of rotatable bonds is 7. The Bertz CT molecular complexity index is 1020. The average molecular weight is 379 g/mol. The van der Waals surface area contributed by atoms with Crippen molar-refractivity contribution in [3.63, 3.8) is 0 Å². The highest BCUT2D eigenvalue weighted by Crippen LogP contribution is 2.40. The molecule has 0 spiro atoms. The number of hydrogen-bond donors (Lipinski definition) is 0. The summed E-state index contributed by atoms with van der Waals surface area (Å²) in [5, 5.41) is 17.9. The van der Waals surface area contributed by atoms with Crippen molar-refractivity contribution in [1.82, 2.24) is 25.0 Å². The van der Waals surface area contributed by atoms with Crippen molar-refractivity contribution in [3.8, 4) is 11.5 Å². The van der Waals surface area contributed by atoms with Gasteiger partial charge in [-0.25, -0.2) is 0 Å². The molecule has 1 aliphatic rings. The maximum Gasteiger partial charge on any atom is 0.247 e. The van der Waals surface area contributed by atoms with Gasteiger partial charge in [0, 0.05) is 11.5 Å². The van der Waals surface area contributed by atoms with Crippen LogP contribution in [0, 0.1) is 0 Å². The van der Waals surface area contributed by atoms with Gasteiger partial charge >= 0.3 is 0 Å². The van der Waals surface area contributed by atoms with Crippen LogP contribution in [0.5, 0.6) is 0 Å². The van der Waals surface area contributed by atoms with Gasteiger partial charge in [-0.3, -0.25) is 4.57 Å². The van der Waals surface area contributed by atoms with Crippen LogP contribution in [0.2, 0.25) is 0 Å². The van der Waals surface area contributed by atoms with Gasteiger partial charge in [0.25, 0.3) is 0 Å². The molecule has 0 N–H and O–H groups in total. The second-order valence-electron chi connectivity index (χ2n) is 6.44. The molecule has 3 aromatic heterocycles. The highest BCUT2D eigenvalue weighted by Gasteiger charge is 2.30. The fraction of sp³-hybridized carbons (Fsp3) is 0.263. The number of thioether (sulfide) groups is 1. The van der Waals surface area contributed by atoms with E-state index in [1.807, 2.05) is 42.5 Å². The standard InChI is InChI=1S/C19H17N5O2S/c1-2-5-14(6-3-1)18-22-20-16(26-18)12-27-19-23-21-17(13-8-9-13)24(19)11-15-7-4-10-25-15/h1-7,10,13H,8-9,11-12H2. The largest absolute Gasteiger partial charge is 0.467 e. The molecule has 7 nitrogen and oxygen atoms in total. The third-order valence-corrected chi connectivity index (χ3v) is 5.35. The van der Waals surface area contributed by atoms with Crippen molar-refractivity contribution in [3.05, 3.63) is 66.2 Å². The Labute approximate surface area is 159 Å². The molecule has 1 aliphatic carbocycles. The summed E-state index contributed by atoms with van der Waals surface area (Å²) in [7, 11) is 0. The van der Waals surface area contributed by atoms with E-state index in [4.69, 9.17) is 8.83 Å². The number of aromatic nitrogens is 5. The quantitative estimate of drug-likeness (QED) is 0.446. The van der Waals surface area contributed by atoms with Crippen molar-refractivity contribution in [2.75, 3.05) is 0 Å². The molecular weight excluding hydrogens is 362 g/mol. The average Bonchev–Trinajstić information content (AvgIpc) is 3.11. The van der Waals surface area contributed by atoms with Crippen LogP contribution in [0.15, 0.2) is 62.7 Å². The number of hydrogen-bond acceptors (Lipinski definition) is 7. The minimum Gasteiger partial charge on any atom is -0.467 e. The van der Waals surface area contributed by atoms with Crippen LogP contribution < -0.4 is 0 Å². The molecule has 8 heteroatoms. The van der Waals surface area contributed by atoms with Crippen LogP contribution in [0.1, 0.15) is 36.2 Å². The summed E-state index contributed by atoms with van der Waals surface area (Å²) >= 11 is 1.55. The first-order chi connectivity index (χ1) is 13.4. The molecule has 0 aliphatic heterocycles. The molecule has 5 rings (SSSR count). The van der Waals surface area contributed by atoms with Crippen LogP contribution >= 0.6 is 11.8 Å². The zero-order valence-corrected chi connectivity index (χ0v) is 15.3. The second kappa shape index (κ2) is 7.03. The lowest BCUT2D eigenvalue weighted by Gasteiger charge is -2.07. The van der Waals surface area contributed by atoms with Crippen LogP contribution in [0.25, 0.3) is 11.5 Å². The van der Waals surface area contributed by atoms with Gasteiger partial charge in [-0.1, -0.05) is 30.0 Å². The smallest absolute Gasteiger partial charge is 0.247 e. The van der Waals surface area contributed by atoms with Gasteiger partial charge in [0.2, 0.25) is 11.8 Å². The Hall–Kier alpha value is -2.87. The maximum absolute atomic E-state index is 5.78. The topological polar surface area (TPSA) is 82.8 Å². The molecular formula is C19H17N5O2S. The first kappa shape index (κ1) is 16.3. The molecule has 1 fully saturated rings. The summed E-state index contributed by atoms with van der Waals surface area (Å²) in [6.07, 6.45) is 4.03. The van der Waals surface area contributed by atoms with Crippen LogP contribution in [0.4, 0.5) is 0 Å². The molecule has 1 saturated carbocycles. The summed E-state index contributed by atoms with van der Waals surface area (Å²) in [6.45, 7) is 0.632. The first-order valence-electron chi connectivity index (χ1n) is 8.83. The van der Waals surface area contributed by atoms with E-state index in [9.17, 15) is 0 Å². The molecule has 4 aromatic rings. The summed E-state index contributed by atoms with van der Waals surface area (Å²) in [6, 6.07) is 13.6. The van der Waals surface area contributed by atoms with Gasteiger partial charge in [0.1, 0.15) is 11.6 Å². The third-order valence-electron chi connectivity index (χ3n) is 4.39. The zero-order valence-electron chi connectivity index (χ0n) is 14.5. The van der Waals surface area contributed by atoms with Crippen LogP contribution in [-0.4, -0.2) is 25.0 Å². The van der Waals surface area contributed by atoms with E-state index in [2.05, 4.69) is 25.0 Å². The van der Waals surface area contributed by atoms with Crippen molar-refractivity contribution >= 4 is 11.8 Å². The summed E-state index contributed by atoms with van der Waals surface area (Å²) < 4.78 is 13.4. The highest BCUT2D eigenvalue weighted by atomic mass is 32.2. The van der Waals surface area contributed by atoms with E-state index in [0.29, 0.717) is 30.0 Å². The monoisotopic (exact) mass is 379 g/mol. The fourth-order valence-corrected chi connectivity index (χ4v) is 3.67. The molecule has 3 heterocycles. The van der Waals surface area contributed by atoms with E-state index < -0.39 is 0 Å². The van der Waals surface area contributed by atoms with Crippen molar-refractivity contribution in [2.45, 2.75) is 36.2 Å². The molecule has 0 amide bonds. The van der Waals surface area contributed by atoms with Gasteiger partial charge < -0.3 is 8.83 Å². The molecule has 0 bridgehead atoms. The lowest BCUT2D eigenvalue weighted by Crippen LogP contribution is -2.05. The highest BCUT2D eigenvalue weighted by molar-refractivity contribution is 7.98. The van der Waals surface area contributed by atoms with Crippen LogP contribution in [-0.2, 0) is 12.3 Å². The summed E-state index contributed by atoms with van der Waals surface area (Å²) in [5.41, 5.74) is 0.915. The van der Waals surface area contributed by atoms with E-state index in [-0.39, 0.29) is 0 Å². The molecule has 136 valence electrons. The number of furan rings is 1. The van der Waals surface area contributed by atoms with Gasteiger partial charge in [0.15, 0.2) is 5.16 Å². The fourth-order valence-electron chi connectivity index (χ4n) is 2.89. The summed E-state index contributed by atoms with van der Waals surface area (Å²) in [5.74, 6) is 4.07. The Morgan fingerprint density at radius 3 is 2.67 bits per heavy atom. The second-order valence-corrected chi connectivity index (χ2v) is 7.38. The van der Waals surface area contributed by atoms with Gasteiger partial charge in [-0.15, -0.1) is 20.4 Å². The van der Waals surface area contributed by atoms with E-state index >= 15 is 0 Å². The lowest BCUT2D eigenvalue weighted by atomic mass is 10.2. The lowest BCUT2D eigenvalue weighted by molar-refractivity contribution is 0.478. The predicted octanol–water partition coefficient (Wildman–Crippen LogP) is 4.14. The summed E-state index contributed by atoms with van der Waals surface area (Å²) in [4.78, 5) is 0. The van der Waals surface area contributed by atoms with E-state index in [0.717, 1.165) is 22.3 Å².